The molecular weight excluding hydrogens is 394 g/mol. The Labute approximate surface area is 183 Å². The van der Waals surface area contributed by atoms with Crippen LogP contribution >= 0.6 is 0 Å². The number of anilines is 1. The highest BCUT2D eigenvalue weighted by molar-refractivity contribution is 6.11. The number of aromatic nitrogens is 1. The highest BCUT2D eigenvalue weighted by Crippen LogP contribution is 2.53. The van der Waals surface area contributed by atoms with Gasteiger partial charge in [-0.1, -0.05) is 20.8 Å². The number of hydrogen-bond donors (Lipinski definition) is 2. The number of carbonyl (C=O) groups excluding carboxylic acids is 2. The lowest BCUT2D eigenvalue weighted by molar-refractivity contribution is -0.121. The first-order valence-corrected chi connectivity index (χ1v) is 10.9. The lowest BCUT2D eigenvalue weighted by atomic mass is 9.65. The van der Waals surface area contributed by atoms with E-state index in [-0.39, 0.29) is 28.5 Å². The van der Waals surface area contributed by atoms with E-state index >= 15 is 0 Å². The minimum atomic E-state index is -0.524. The van der Waals surface area contributed by atoms with Crippen molar-refractivity contribution in [2.75, 3.05) is 26.1 Å². The Bertz CT molecular complexity index is 1030. The largest absolute Gasteiger partial charge is 0.497 e. The molecule has 168 valence electrons. The number of benzene rings is 1. The molecule has 2 N–H and O–H groups in total. The van der Waals surface area contributed by atoms with Gasteiger partial charge in [0, 0.05) is 24.0 Å². The van der Waals surface area contributed by atoms with Gasteiger partial charge in [0.1, 0.15) is 11.4 Å². The second kappa shape index (κ2) is 7.55. The number of nitrogens with one attached hydrogen (secondary N) is 2. The minimum Gasteiger partial charge on any atom is -0.497 e. The summed E-state index contributed by atoms with van der Waals surface area (Å²) in [4.78, 5) is 31.1. The molecule has 0 spiro atoms. The van der Waals surface area contributed by atoms with E-state index in [1.807, 2.05) is 19.1 Å². The van der Waals surface area contributed by atoms with Crippen LogP contribution in [0.25, 0.3) is 10.9 Å². The molecule has 31 heavy (non-hydrogen) atoms. The maximum Gasteiger partial charge on any atom is 0.356 e. The van der Waals surface area contributed by atoms with Crippen molar-refractivity contribution in [2.45, 2.75) is 59.0 Å². The summed E-state index contributed by atoms with van der Waals surface area (Å²) in [7, 11) is 2.92. The molecule has 7 heteroatoms. The van der Waals surface area contributed by atoms with E-state index in [2.05, 4.69) is 36.0 Å². The molecule has 1 saturated carbocycles. The van der Waals surface area contributed by atoms with E-state index < -0.39 is 5.97 Å². The predicted molar refractivity (Wildman–Crippen MR) is 121 cm³/mol. The third-order valence-electron chi connectivity index (χ3n) is 6.98. The fourth-order valence-corrected chi connectivity index (χ4v) is 6.02. The zero-order valence-electron chi connectivity index (χ0n) is 19.3. The fraction of sp³-hybridized carbons (Fsp3) is 0.583. The third-order valence-corrected chi connectivity index (χ3v) is 6.98. The summed E-state index contributed by atoms with van der Waals surface area (Å²) in [5, 5.41) is 3.77. The van der Waals surface area contributed by atoms with Gasteiger partial charge in [-0.25, -0.2) is 4.79 Å². The molecule has 4 rings (SSSR count). The van der Waals surface area contributed by atoms with Crippen LogP contribution in [0.1, 0.15) is 57.4 Å². The van der Waals surface area contributed by atoms with Crippen LogP contribution in [-0.4, -0.2) is 54.6 Å². The summed E-state index contributed by atoms with van der Waals surface area (Å²) in [5.74, 6) is 0.0249. The van der Waals surface area contributed by atoms with Crippen molar-refractivity contribution in [3.8, 4) is 5.75 Å². The number of rotatable bonds is 5. The van der Waals surface area contributed by atoms with Crippen LogP contribution in [0.5, 0.6) is 5.75 Å². The van der Waals surface area contributed by atoms with Gasteiger partial charge in [0.25, 0.3) is 0 Å². The molecule has 0 radical (unpaired) electrons. The lowest BCUT2D eigenvalue weighted by Crippen LogP contribution is -2.45. The quantitative estimate of drug-likeness (QED) is 0.699. The second-order valence-corrected chi connectivity index (χ2v) is 10.3. The molecule has 1 aromatic heterocycles. The lowest BCUT2D eigenvalue weighted by Gasteiger charge is -2.40. The van der Waals surface area contributed by atoms with Crippen LogP contribution in [-0.2, 0) is 9.53 Å². The van der Waals surface area contributed by atoms with Crippen LogP contribution in [0.15, 0.2) is 18.2 Å². The molecule has 1 aliphatic carbocycles. The molecule has 3 atom stereocenters. The van der Waals surface area contributed by atoms with Gasteiger partial charge in [-0.05, 0) is 49.1 Å². The van der Waals surface area contributed by atoms with Crippen molar-refractivity contribution in [2.24, 2.45) is 10.8 Å². The molecule has 2 aromatic rings. The third kappa shape index (κ3) is 3.91. The van der Waals surface area contributed by atoms with E-state index in [0.29, 0.717) is 23.0 Å². The molecule has 1 aliphatic heterocycles. The van der Waals surface area contributed by atoms with E-state index in [1.165, 1.54) is 13.5 Å². The SMILES string of the molecule is COC(=O)c1[nH]c2cc(OC)ccc2c1NC(=O)[C@@H](C)N1C[C@]2(C)C[C@@H]1CC(C)(C)C2. The molecule has 1 saturated heterocycles. The molecule has 1 amide bonds. The molecule has 2 heterocycles. The van der Waals surface area contributed by atoms with Crippen LogP contribution in [0.3, 0.4) is 0 Å². The summed E-state index contributed by atoms with van der Waals surface area (Å²) >= 11 is 0. The number of methoxy groups -OCH3 is 2. The maximum absolute atomic E-state index is 13.3. The molecule has 1 aromatic carbocycles. The van der Waals surface area contributed by atoms with Crippen LogP contribution < -0.4 is 10.1 Å². The van der Waals surface area contributed by atoms with E-state index in [4.69, 9.17) is 9.47 Å². The number of hydrogen-bond acceptors (Lipinski definition) is 5. The molecule has 2 fully saturated rings. The highest BCUT2D eigenvalue weighted by atomic mass is 16.5. The van der Waals surface area contributed by atoms with Gasteiger partial charge >= 0.3 is 5.97 Å². The number of likely N-dealkylation sites (tertiary alicyclic amines) is 1. The predicted octanol–water partition coefficient (Wildman–Crippen LogP) is 4.19. The first kappa shape index (κ1) is 21.7. The zero-order chi connectivity index (χ0) is 22.6. The number of fused-ring (bicyclic) bond motifs is 3. The van der Waals surface area contributed by atoms with Crippen LogP contribution in [0, 0.1) is 10.8 Å². The maximum atomic E-state index is 13.3. The van der Waals surface area contributed by atoms with Crippen molar-refractivity contribution in [3.05, 3.63) is 23.9 Å². The highest BCUT2D eigenvalue weighted by Gasteiger charge is 2.51. The Morgan fingerprint density at radius 1 is 1.23 bits per heavy atom. The average molecular weight is 428 g/mol. The Morgan fingerprint density at radius 3 is 2.65 bits per heavy atom. The minimum absolute atomic E-state index is 0.115. The summed E-state index contributed by atoms with van der Waals surface area (Å²) < 4.78 is 10.2. The summed E-state index contributed by atoms with van der Waals surface area (Å²) in [6.45, 7) is 9.88. The Hall–Kier alpha value is -2.54. The van der Waals surface area contributed by atoms with Crippen molar-refractivity contribution in [1.82, 2.24) is 9.88 Å². The first-order chi connectivity index (χ1) is 14.6. The summed E-state index contributed by atoms with van der Waals surface area (Å²) in [5.41, 5.74) is 1.93. The van der Waals surface area contributed by atoms with Gasteiger partial charge in [-0.15, -0.1) is 0 Å². The summed E-state index contributed by atoms with van der Waals surface area (Å²) in [6, 6.07) is 5.55. The van der Waals surface area contributed by atoms with E-state index in [9.17, 15) is 9.59 Å². The smallest absolute Gasteiger partial charge is 0.356 e. The normalized spacial score (nSPS) is 25.9. The number of aromatic amines is 1. The van der Waals surface area contributed by atoms with Gasteiger partial charge in [0.2, 0.25) is 5.91 Å². The van der Waals surface area contributed by atoms with Crippen LogP contribution in [0.2, 0.25) is 0 Å². The van der Waals surface area contributed by atoms with Crippen LogP contribution in [0.4, 0.5) is 5.69 Å². The van der Waals surface area contributed by atoms with Crippen molar-refractivity contribution in [1.29, 1.82) is 0 Å². The molecule has 0 unspecified atom stereocenters. The topological polar surface area (TPSA) is 83.7 Å². The Kier molecular flexibility index (Phi) is 5.28. The van der Waals surface area contributed by atoms with E-state index in [0.717, 1.165) is 24.8 Å². The molecular formula is C24H33N3O4. The fourth-order valence-electron chi connectivity index (χ4n) is 6.02. The van der Waals surface area contributed by atoms with Gasteiger partial charge in [-0.3, -0.25) is 9.69 Å². The number of amides is 1. The first-order valence-electron chi connectivity index (χ1n) is 10.9. The monoisotopic (exact) mass is 427 g/mol. The number of nitrogens with zero attached hydrogens (tertiary/aromatic N) is 1. The number of esters is 1. The van der Waals surface area contributed by atoms with Crippen molar-refractivity contribution >= 4 is 28.5 Å². The van der Waals surface area contributed by atoms with E-state index in [1.54, 1.807) is 13.2 Å². The number of H-pyrrole nitrogens is 1. The van der Waals surface area contributed by atoms with Gasteiger partial charge in [0.15, 0.2) is 0 Å². The second-order valence-electron chi connectivity index (χ2n) is 10.3. The molecule has 7 nitrogen and oxygen atoms in total. The van der Waals surface area contributed by atoms with Gasteiger partial charge < -0.3 is 19.8 Å². The standard InChI is InChI=1S/C24H33N3O4/c1-14(27-13-24(4)11-15(27)10-23(2,3)12-24)21(28)26-19-17-8-7-16(30-5)9-18(17)25-20(19)22(29)31-6/h7-9,14-15,25H,10-13H2,1-6H3,(H,26,28)/t14-,15+,24-/m1/s1. The molecule has 2 bridgehead atoms. The van der Waals surface area contributed by atoms with Crippen molar-refractivity contribution < 1.29 is 19.1 Å². The zero-order valence-corrected chi connectivity index (χ0v) is 19.3. The summed E-state index contributed by atoms with van der Waals surface area (Å²) in [6.07, 6.45) is 3.41. The average Bonchev–Trinajstić information content (AvgIpc) is 3.19. The van der Waals surface area contributed by atoms with Gasteiger partial charge in [0.05, 0.1) is 31.5 Å². The van der Waals surface area contributed by atoms with Gasteiger partial charge in [-0.2, -0.15) is 0 Å². The number of carbonyl (C=O) groups is 2. The Morgan fingerprint density at radius 2 is 1.97 bits per heavy atom. The van der Waals surface area contributed by atoms with Crippen molar-refractivity contribution in [3.63, 3.8) is 0 Å². The number of ether oxygens (including phenoxy) is 2. The molecule has 2 aliphatic rings. The Balaban J connectivity index is 1.62.